The molecule has 0 aromatic heterocycles. The van der Waals surface area contributed by atoms with Crippen molar-refractivity contribution < 1.29 is 23.8 Å². The van der Waals surface area contributed by atoms with Gasteiger partial charge in [-0.1, -0.05) is 0 Å². The Balaban J connectivity index is 2.14. The molecule has 1 heterocycles. The lowest BCUT2D eigenvalue weighted by Gasteiger charge is -2.22. The second-order valence-corrected chi connectivity index (χ2v) is 5.59. The van der Waals surface area contributed by atoms with Gasteiger partial charge in [0.2, 0.25) is 5.91 Å². The summed E-state index contributed by atoms with van der Waals surface area (Å²) in [6, 6.07) is 3.40. The summed E-state index contributed by atoms with van der Waals surface area (Å²) in [5.41, 5.74) is 0.153. The maximum Gasteiger partial charge on any atom is 0.257 e. The van der Waals surface area contributed by atoms with Crippen molar-refractivity contribution in [2.24, 2.45) is 0 Å². The highest BCUT2D eigenvalue weighted by molar-refractivity contribution is 5.97. The molecule has 0 saturated carbocycles. The van der Waals surface area contributed by atoms with Crippen molar-refractivity contribution in [2.75, 3.05) is 20.2 Å². The summed E-state index contributed by atoms with van der Waals surface area (Å²) >= 11 is 0. The van der Waals surface area contributed by atoms with Crippen LogP contribution in [0.2, 0.25) is 0 Å². The smallest absolute Gasteiger partial charge is 0.257 e. The minimum Gasteiger partial charge on any atom is -0.496 e. The van der Waals surface area contributed by atoms with Crippen LogP contribution < -0.4 is 10.1 Å². The zero-order valence-electron chi connectivity index (χ0n) is 13.2. The highest BCUT2D eigenvalue weighted by atomic mass is 19.1. The average molecular weight is 324 g/mol. The third-order valence-electron chi connectivity index (χ3n) is 3.94. The van der Waals surface area contributed by atoms with Gasteiger partial charge in [-0.15, -0.1) is 0 Å². The van der Waals surface area contributed by atoms with Crippen LogP contribution in [0, 0.1) is 5.82 Å². The number of nitrogens with zero attached hydrogens (tertiary/aromatic N) is 1. The largest absolute Gasteiger partial charge is 0.496 e. The Labute approximate surface area is 134 Å². The van der Waals surface area contributed by atoms with Gasteiger partial charge in [0.1, 0.15) is 11.6 Å². The molecule has 23 heavy (non-hydrogen) atoms. The lowest BCUT2D eigenvalue weighted by Crippen LogP contribution is -2.42. The monoisotopic (exact) mass is 324 g/mol. The Morgan fingerprint density at radius 2 is 2.04 bits per heavy atom. The third kappa shape index (κ3) is 4.19. The van der Waals surface area contributed by atoms with Crippen LogP contribution in [0.15, 0.2) is 18.2 Å². The number of amides is 2. The Hall–Kier alpha value is -2.15. The van der Waals surface area contributed by atoms with Crippen molar-refractivity contribution in [3.8, 4) is 5.75 Å². The van der Waals surface area contributed by atoms with Crippen LogP contribution in [0.5, 0.6) is 5.75 Å². The highest BCUT2D eigenvalue weighted by Crippen LogP contribution is 2.23. The zero-order valence-corrected chi connectivity index (χ0v) is 13.2. The van der Waals surface area contributed by atoms with E-state index in [9.17, 15) is 19.1 Å². The summed E-state index contributed by atoms with van der Waals surface area (Å²) in [6.45, 7) is 2.08. The van der Waals surface area contributed by atoms with E-state index in [4.69, 9.17) is 4.74 Å². The van der Waals surface area contributed by atoms with Gasteiger partial charge in [0, 0.05) is 20.0 Å². The van der Waals surface area contributed by atoms with Crippen molar-refractivity contribution in [2.45, 2.75) is 31.9 Å². The lowest BCUT2D eigenvalue weighted by atomic mass is 10.1. The molecule has 1 saturated heterocycles. The van der Waals surface area contributed by atoms with Crippen molar-refractivity contribution in [1.82, 2.24) is 10.2 Å². The third-order valence-corrected chi connectivity index (χ3v) is 3.94. The molecule has 0 radical (unpaired) electrons. The average Bonchev–Trinajstić information content (AvgIpc) is 2.69. The first-order valence-electron chi connectivity index (χ1n) is 7.50. The molecule has 0 spiro atoms. The normalized spacial score (nSPS) is 21.5. The molecular weight excluding hydrogens is 303 g/mol. The van der Waals surface area contributed by atoms with Gasteiger partial charge in [0.25, 0.3) is 5.91 Å². The molecule has 2 amide bonds. The Kier molecular flexibility index (Phi) is 5.54. The highest BCUT2D eigenvalue weighted by Gasteiger charge is 2.29. The predicted octanol–water partition coefficient (Wildman–Crippen LogP) is 0.936. The van der Waals surface area contributed by atoms with Crippen LogP contribution >= 0.6 is 0 Å². The second kappa shape index (κ2) is 7.41. The minimum absolute atomic E-state index is 0.153. The fourth-order valence-corrected chi connectivity index (χ4v) is 2.74. The number of aliphatic hydroxyl groups is 1. The van der Waals surface area contributed by atoms with Gasteiger partial charge >= 0.3 is 0 Å². The number of aliphatic hydroxyl groups excluding tert-OH is 1. The molecule has 2 N–H and O–H groups in total. The van der Waals surface area contributed by atoms with Crippen molar-refractivity contribution >= 4 is 11.8 Å². The van der Waals surface area contributed by atoms with Crippen LogP contribution in [-0.2, 0) is 4.79 Å². The Morgan fingerprint density at radius 3 is 2.70 bits per heavy atom. The Morgan fingerprint density at radius 1 is 1.35 bits per heavy atom. The van der Waals surface area contributed by atoms with Crippen LogP contribution in [0.25, 0.3) is 0 Å². The maximum atomic E-state index is 13.4. The lowest BCUT2D eigenvalue weighted by molar-refractivity contribution is -0.120. The van der Waals surface area contributed by atoms with Crippen molar-refractivity contribution in [3.63, 3.8) is 0 Å². The number of hydrogen-bond donors (Lipinski definition) is 2. The molecule has 0 unspecified atom stereocenters. The molecule has 126 valence electrons. The van der Waals surface area contributed by atoms with Crippen LogP contribution in [0.1, 0.15) is 30.1 Å². The van der Waals surface area contributed by atoms with Gasteiger partial charge in [-0.05, 0) is 31.0 Å². The van der Waals surface area contributed by atoms with Crippen LogP contribution in [0.4, 0.5) is 4.39 Å². The molecule has 1 aliphatic rings. The SMILES string of the molecule is COc1ccc(F)cc1C(=O)N1CC[C@H](NC(C)=O)[C@@H](O)CC1. The summed E-state index contributed by atoms with van der Waals surface area (Å²) in [5.74, 6) is -0.780. The molecule has 1 aromatic carbocycles. The number of ether oxygens (including phenoxy) is 1. The molecule has 6 nitrogen and oxygen atoms in total. The summed E-state index contributed by atoms with van der Waals surface area (Å²) in [6.07, 6.45) is 0.0597. The maximum absolute atomic E-state index is 13.4. The molecule has 1 aliphatic heterocycles. The number of methoxy groups -OCH3 is 1. The van der Waals surface area contributed by atoms with E-state index < -0.39 is 11.9 Å². The van der Waals surface area contributed by atoms with E-state index in [-0.39, 0.29) is 23.4 Å². The first-order chi connectivity index (χ1) is 10.9. The van der Waals surface area contributed by atoms with E-state index in [0.29, 0.717) is 31.7 Å². The molecule has 2 atom stereocenters. The summed E-state index contributed by atoms with van der Waals surface area (Å²) < 4.78 is 18.6. The number of carbonyl (C=O) groups excluding carboxylic acids is 2. The molecule has 0 bridgehead atoms. The van der Waals surface area contributed by atoms with Gasteiger partial charge in [-0.3, -0.25) is 9.59 Å². The van der Waals surface area contributed by atoms with E-state index in [0.717, 1.165) is 6.07 Å². The number of likely N-dealkylation sites (tertiary alicyclic amines) is 1. The fraction of sp³-hybridized carbons (Fsp3) is 0.500. The van der Waals surface area contributed by atoms with E-state index in [1.54, 1.807) is 4.90 Å². The van der Waals surface area contributed by atoms with E-state index in [1.165, 1.54) is 26.2 Å². The molecule has 1 aromatic rings. The van der Waals surface area contributed by atoms with Crippen LogP contribution in [-0.4, -0.2) is 54.2 Å². The number of rotatable bonds is 3. The summed E-state index contributed by atoms with van der Waals surface area (Å²) in [7, 11) is 1.42. The standard InChI is InChI=1S/C16H21FN2O4/c1-10(20)18-13-5-7-19(8-6-14(13)21)16(22)12-9-11(17)3-4-15(12)23-2/h3-4,9,13-14,21H,5-8H2,1-2H3,(H,18,20)/t13-,14-/m0/s1. The minimum atomic E-state index is -0.717. The second-order valence-electron chi connectivity index (χ2n) is 5.59. The van der Waals surface area contributed by atoms with Gasteiger partial charge in [-0.2, -0.15) is 0 Å². The predicted molar refractivity (Wildman–Crippen MR) is 81.7 cm³/mol. The van der Waals surface area contributed by atoms with Gasteiger partial charge in [-0.25, -0.2) is 4.39 Å². The van der Waals surface area contributed by atoms with Crippen molar-refractivity contribution in [3.05, 3.63) is 29.6 Å². The van der Waals surface area contributed by atoms with Crippen molar-refractivity contribution in [1.29, 1.82) is 0 Å². The molecule has 2 rings (SSSR count). The van der Waals surface area contributed by atoms with Gasteiger partial charge in [0.15, 0.2) is 0 Å². The molecule has 1 fully saturated rings. The van der Waals surface area contributed by atoms with E-state index >= 15 is 0 Å². The number of nitrogens with one attached hydrogen (secondary N) is 1. The first-order valence-corrected chi connectivity index (χ1v) is 7.50. The summed E-state index contributed by atoms with van der Waals surface area (Å²) in [4.78, 5) is 25.3. The van der Waals surface area contributed by atoms with E-state index in [2.05, 4.69) is 5.32 Å². The van der Waals surface area contributed by atoms with E-state index in [1.807, 2.05) is 0 Å². The van der Waals surface area contributed by atoms with Gasteiger partial charge in [0.05, 0.1) is 24.8 Å². The Bertz CT molecular complexity index is 593. The molecule has 7 heteroatoms. The number of hydrogen-bond acceptors (Lipinski definition) is 4. The van der Waals surface area contributed by atoms with Gasteiger partial charge < -0.3 is 20.1 Å². The number of halogens is 1. The fourth-order valence-electron chi connectivity index (χ4n) is 2.74. The quantitative estimate of drug-likeness (QED) is 0.867. The molecule has 0 aliphatic carbocycles. The topological polar surface area (TPSA) is 78.9 Å². The zero-order chi connectivity index (χ0) is 17.0. The molecular formula is C16H21FN2O4. The van der Waals surface area contributed by atoms with Crippen LogP contribution in [0.3, 0.4) is 0 Å². The first kappa shape index (κ1) is 17.2. The number of carbonyl (C=O) groups is 2. The summed E-state index contributed by atoms with van der Waals surface area (Å²) in [5, 5.41) is 12.8. The number of benzene rings is 1.